The van der Waals surface area contributed by atoms with Crippen molar-refractivity contribution in [3.8, 4) is 11.8 Å². The molecule has 0 bridgehead atoms. The SMILES string of the molecule is Cc1cn2cc(Br)nc(Oc3ccccn3)c2n1. The minimum Gasteiger partial charge on any atom is -0.417 e. The Morgan fingerprint density at radius 2 is 2.11 bits per heavy atom. The zero-order valence-electron chi connectivity index (χ0n) is 9.54. The molecule has 0 N–H and O–H groups in total. The van der Waals surface area contributed by atoms with Crippen LogP contribution < -0.4 is 4.74 Å². The molecule has 0 unspecified atom stereocenters. The highest BCUT2D eigenvalue weighted by molar-refractivity contribution is 9.10. The Balaban J connectivity index is 2.10. The summed E-state index contributed by atoms with van der Waals surface area (Å²) in [6.45, 7) is 1.92. The molecule has 5 nitrogen and oxygen atoms in total. The Labute approximate surface area is 112 Å². The summed E-state index contributed by atoms with van der Waals surface area (Å²) in [4.78, 5) is 12.8. The van der Waals surface area contributed by atoms with Gasteiger partial charge in [0.15, 0.2) is 0 Å². The number of halogens is 1. The minimum absolute atomic E-state index is 0.427. The van der Waals surface area contributed by atoms with Gasteiger partial charge in [-0.15, -0.1) is 0 Å². The lowest BCUT2D eigenvalue weighted by molar-refractivity contribution is 0.445. The van der Waals surface area contributed by atoms with Crippen molar-refractivity contribution in [1.82, 2.24) is 19.4 Å². The molecule has 0 saturated carbocycles. The fourth-order valence-corrected chi connectivity index (χ4v) is 2.02. The van der Waals surface area contributed by atoms with Gasteiger partial charge in [-0.1, -0.05) is 6.07 Å². The number of hydrogen-bond acceptors (Lipinski definition) is 4. The first kappa shape index (κ1) is 11.2. The number of ether oxygens (including phenoxy) is 1. The van der Waals surface area contributed by atoms with Crippen LogP contribution >= 0.6 is 15.9 Å². The fourth-order valence-electron chi connectivity index (χ4n) is 1.64. The van der Waals surface area contributed by atoms with E-state index in [1.807, 2.05) is 35.9 Å². The molecule has 0 atom stereocenters. The van der Waals surface area contributed by atoms with Crippen molar-refractivity contribution >= 4 is 21.6 Å². The first-order valence-electron chi connectivity index (χ1n) is 5.33. The zero-order chi connectivity index (χ0) is 12.5. The van der Waals surface area contributed by atoms with Crippen LogP contribution in [0.1, 0.15) is 5.69 Å². The second-order valence-corrected chi connectivity index (χ2v) is 4.56. The van der Waals surface area contributed by atoms with Gasteiger partial charge in [-0.05, 0) is 28.9 Å². The van der Waals surface area contributed by atoms with Gasteiger partial charge in [0.25, 0.3) is 5.88 Å². The number of nitrogens with zero attached hydrogens (tertiary/aromatic N) is 4. The summed E-state index contributed by atoms with van der Waals surface area (Å²) >= 11 is 3.35. The number of imidazole rings is 1. The normalized spacial score (nSPS) is 10.8. The molecule has 0 amide bonds. The quantitative estimate of drug-likeness (QED) is 0.730. The van der Waals surface area contributed by atoms with Crippen molar-refractivity contribution < 1.29 is 4.74 Å². The van der Waals surface area contributed by atoms with E-state index in [-0.39, 0.29) is 0 Å². The largest absolute Gasteiger partial charge is 0.417 e. The number of hydrogen-bond donors (Lipinski definition) is 0. The maximum atomic E-state index is 5.65. The first-order valence-corrected chi connectivity index (χ1v) is 6.12. The maximum absolute atomic E-state index is 5.65. The second-order valence-electron chi connectivity index (χ2n) is 3.75. The van der Waals surface area contributed by atoms with Gasteiger partial charge in [-0.25, -0.2) is 15.0 Å². The Bertz CT molecular complexity index is 696. The molecular formula is C12H9BrN4O. The van der Waals surface area contributed by atoms with Crippen LogP contribution in [0, 0.1) is 6.92 Å². The van der Waals surface area contributed by atoms with Crippen LogP contribution in [0.2, 0.25) is 0 Å². The summed E-state index contributed by atoms with van der Waals surface area (Å²) < 4.78 is 8.20. The molecule has 3 aromatic heterocycles. The van der Waals surface area contributed by atoms with Crippen LogP contribution in [0.25, 0.3) is 5.65 Å². The average molecular weight is 305 g/mol. The Kier molecular flexibility index (Phi) is 2.71. The van der Waals surface area contributed by atoms with Crippen LogP contribution in [0.5, 0.6) is 11.8 Å². The van der Waals surface area contributed by atoms with Crippen molar-refractivity contribution in [2.75, 3.05) is 0 Å². The molecule has 18 heavy (non-hydrogen) atoms. The first-order chi connectivity index (χ1) is 8.72. The number of fused-ring (bicyclic) bond motifs is 1. The minimum atomic E-state index is 0.427. The smallest absolute Gasteiger partial charge is 0.266 e. The number of pyridine rings is 1. The third-order valence-electron chi connectivity index (χ3n) is 2.34. The molecule has 0 aliphatic rings. The summed E-state index contributed by atoms with van der Waals surface area (Å²) in [5.41, 5.74) is 1.57. The highest BCUT2D eigenvalue weighted by Crippen LogP contribution is 2.24. The van der Waals surface area contributed by atoms with Crippen molar-refractivity contribution in [1.29, 1.82) is 0 Å². The van der Waals surface area contributed by atoms with Crippen LogP contribution in [-0.2, 0) is 0 Å². The number of rotatable bonds is 2. The highest BCUT2D eigenvalue weighted by Gasteiger charge is 2.10. The van der Waals surface area contributed by atoms with Gasteiger partial charge in [0, 0.05) is 24.7 Å². The monoisotopic (exact) mass is 304 g/mol. The molecule has 0 radical (unpaired) electrons. The summed E-state index contributed by atoms with van der Waals surface area (Å²) in [7, 11) is 0. The third kappa shape index (κ3) is 2.06. The summed E-state index contributed by atoms with van der Waals surface area (Å²) in [5, 5.41) is 0. The molecule has 0 fully saturated rings. The average Bonchev–Trinajstić information content (AvgIpc) is 2.71. The third-order valence-corrected chi connectivity index (χ3v) is 2.72. The lowest BCUT2D eigenvalue weighted by Crippen LogP contribution is -1.95. The van der Waals surface area contributed by atoms with Gasteiger partial charge < -0.3 is 4.74 Å². The topological polar surface area (TPSA) is 52.3 Å². The van der Waals surface area contributed by atoms with Gasteiger partial charge in [0.1, 0.15) is 4.60 Å². The molecule has 0 aliphatic carbocycles. The van der Waals surface area contributed by atoms with Gasteiger partial charge in [-0.2, -0.15) is 0 Å². The highest BCUT2D eigenvalue weighted by atomic mass is 79.9. The number of aromatic nitrogens is 4. The van der Waals surface area contributed by atoms with Crippen molar-refractivity contribution in [3.05, 3.63) is 47.1 Å². The van der Waals surface area contributed by atoms with Crippen molar-refractivity contribution in [2.45, 2.75) is 6.92 Å². The molecule has 0 aliphatic heterocycles. The zero-order valence-corrected chi connectivity index (χ0v) is 11.1. The molecule has 6 heteroatoms. The van der Waals surface area contributed by atoms with Crippen molar-refractivity contribution in [3.63, 3.8) is 0 Å². The predicted octanol–water partition coefficient (Wildman–Crippen LogP) is 2.99. The van der Waals surface area contributed by atoms with E-state index in [1.54, 1.807) is 12.3 Å². The van der Waals surface area contributed by atoms with Gasteiger partial charge in [-0.3, -0.25) is 4.40 Å². The van der Waals surface area contributed by atoms with E-state index in [1.165, 1.54) is 0 Å². The molecule has 3 rings (SSSR count). The molecule has 0 aromatic carbocycles. The van der Waals surface area contributed by atoms with Crippen LogP contribution in [0.3, 0.4) is 0 Å². The Morgan fingerprint density at radius 1 is 1.22 bits per heavy atom. The van der Waals surface area contributed by atoms with Crippen molar-refractivity contribution in [2.24, 2.45) is 0 Å². The van der Waals surface area contributed by atoms with Crippen LogP contribution in [0.15, 0.2) is 41.4 Å². The lowest BCUT2D eigenvalue weighted by Gasteiger charge is -2.05. The summed E-state index contributed by atoms with van der Waals surface area (Å²) in [6, 6.07) is 5.46. The Morgan fingerprint density at radius 3 is 2.89 bits per heavy atom. The Hall–Kier alpha value is -1.95. The van der Waals surface area contributed by atoms with E-state index < -0.39 is 0 Å². The van der Waals surface area contributed by atoms with Gasteiger partial charge in [0.05, 0.1) is 5.69 Å². The van der Waals surface area contributed by atoms with E-state index in [2.05, 4.69) is 30.9 Å². The second kappa shape index (κ2) is 4.38. The summed E-state index contributed by atoms with van der Waals surface area (Å²) in [6.07, 6.45) is 5.41. The lowest BCUT2D eigenvalue weighted by atomic mass is 10.5. The molecule has 3 aromatic rings. The standard InChI is InChI=1S/C12H9BrN4O/c1-8-6-17-7-9(13)16-12(11(17)15-8)18-10-4-2-3-5-14-10/h2-7H,1H3. The van der Waals surface area contributed by atoms with E-state index in [0.29, 0.717) is 22.0 Å². The van der Waals surface area contributed by atoms with E-state index in [0.717, 1.165) is 5.69 Å². The van der Waals surface area contributed by atoms with E-state index in [4.69, 9.17) is 4.74 Å². The van der Waals surface area contributed by atoms with Gasteiger partial charge in [0.2, 0.25) is 11.5 Å². The fraction of sp³-hybridized carbons (Fsp3) is 0.0833. The van der Waals surface area contributed by atoms with Crippen LogP contribution in [-0.4, -0.2) is 19.4 Å². The maximum Gasteiger partial charge on any atom is 0.266 e. The molecule has 90 valence electrons. The predicted molar refractivity (Wildman–Crippen MR) is 69.7 cm³/mol. The number of aryl methyl sites for hydroxylation is 1. The van der Waals surface area contributed by atoms with Gasteiger partial charge >= 0.3 is 0 Å². The molecule has 3 heterocycles. The van der Waals surface area contributed by atoms with E-state index >= 15 is 0 Å². The van der Waals surface area contributed by atoms with E-state index in [9.17, 15) is 0 Å². The molecule has 0 spiro atoms. The molecular weight excluding hydrogens is 296 g/mol. The summed E-state index contributed by atoms with van der Waals surface area (Å²) in [5.74, 6) is 0.918. The van der Waals surface area contributed by atoms with Crippen LogP contribution in [0.4, 0.5) is 0 Å². The molecule has 0 saturated heterocycles.